The Bertz CT molecular complexity index is 49.5. The van der Waals surface area contributed by atoms with E-state index in [1.54, 1.807) is 7.05 Å². The molecule has 0 spiro atoms. The van der Waals surface area contributed by atoms with E-state index in [2.05, 4.69) is 17.5 Å². The molecule has 36 valence electrons. The highest BCUT2D eigenvalue weighted by Crippen LogP contribution is 1.89. The smallest absolute Gasteiger partial charge is 0.160 e. The molecule has 0 aromatic carbocycles. The highest BCUT2D eigenvalue weighted by atomic mass is 32.2. The summed E-state index contributed by atoms with van der Waals surface area (Å²) >= 11 is 5.00. The zero-order chi connectivity index (χ0) is 4.99. The monoisotopic (exact) mass is 123 g/mol. The Morgan fingerprint density at radius 2 is 2.50 bits per heavy atom. The molecule has 0 aromatic heterocycles. The summed E-state index contributed by atoms with van der Waals surface area (Å²) in [6.07, 6.45) is 0. The van der Waals surface area contributed by atoms with Gasteiger partial charge in [0.25, 0.3) is 0 Å². The maximum absolute atomic E-state index is 8.05. The topological polar surface area (TPSA) is 32.3 Å². The van der Waals surface area contributed by atoms with Gasteiger partial charge in [-0.2, -0.15) is 0 Å². The minimum atomic E-state index is 0.398. The van der Waals surface area contributed by atoms with E-state index in [-0.39, 0.29) is 0 Å². The molecule has 0 unspecified atom stereocenters. The highest BCUT2D eigenvalue weighted by molar-refractivity contribution is 8.19. The van der Waals surface area contributed by atoms with Crippen molar-refractivity contribution < 1.29 is 4.55 Å². The van der Waals surface area contributed by atoms with Gasteiger partial charge in [-0.1, -0.05) is 12.2 Å². The summed E-state index contributed by atoms with van der Waals surface area (Å²) in [5.41, 5.74) is 0. The molecule has 0 rings (SSSR count). The van der Waals surface area contributed by atoms with E-state index in [4.69, 9.17) is 4.55 Å². The van der Waals surface area contributed by atoms with Crippen molar-refractivity contribution in [3.63, 3.8) is 0 Å². The molecule has 0 aliphatic carbocycles. The first-order chi connectivity index (χ1) is 2.81. The molecule has 0 aliphatic rings. The summed E-state index contributed by atoms with van der Waals surface area (Å²) < 4.78 is 8.45. The van der Waals surface area contributed by atoms with Gasteiger partial charge in [0.05, 0.1) is 12.0 Å². The summed E-state index contributed by atoms with van der Waals surface area (Å²) in [5, 5.41) is 2.56. The van der Waals surface area contributed by atoms with Crippen LogP contribution in [0.1, 0.15) is 0 Å². The lowest BCUT2D eigenvalue weighted by molar-refractivity contribution is 0.673. The van der Waals surface area contributed by atoms with Crippen LogP contribution in [0.3, 0.4) is 0 Å². The van der Waals surface area contributed by atoms with E-state index in [0.29, 0.717) is 16.4 Å². The van der Waals surface area contributed by atoms with Gasteiger partial charge in [-0.3, -0.25) is 0 Å². The minimum absolute atomic E-state index is 0.398. The normalized spacial score (nSPS) is 7.67. The fourth-order valence-electron chi connectivity index (χ4n) is 0.0456. The second-order valence-electron chi connectivity index (χ2n) is 0.629. The third-order valence-electron chi connectivity index (χ3n) is 0.287. The van der Waals surface area contributed by atoms with E-state index < -0.39 is 0 Å². The molecule has 0 heterocycles. The molecule has 0 fully saturated rings. The minimum Gasteiger partial charge on any atom is -0.372 e. The predicted molar refractivity (Wildman–Crippen MR) is 31.9 cm³/mol. The molecule has 0 saturated carbocycles. The van der Waals surface area contributed by atoms with Crippen LogP contribution in [0.15, 0.2) is 0 Å². The molecular formula is C2H5NOS2. The van der Waals surface area contributed by atoms with Gasteiger partial charge in [-0.15, -0.1) is 0 Å². The van der Waals surface area contributed by atoms with Gasteiger partial charge in [0.2, 0.25) is 0 Å². The van der Waals surface area contributed by atoms with Crippen molar-refractivity contribution in [1.82, 2.24) is 5.32 Å². The number of hydrogen-bond donors (Lipinski definition) is 2. The van der Waals surface area contributed by atoms with E-state index in [1.165, 1.54) is 0 Å². The summed E-state index contributed by atoms with van der Waals surface area (Å²) in [4.78, 5) is 0. The Morgan fingerprint density at radius 3 is 2.50 bits per heavy atom. The van der Waals surface area contributed by atoms with Crippen molar-refractivity contribution >= 4 is 28.6 Å². The SMILES string of the molecule is CNC(=S)SO. The van der Waals surface area contributed by atoms with Crippen LogP contribution in [0.25, 0.3) is 0 Å². The first-order valence-corrected chi connectivity index (χ1v) is 2.52. The Balaban J connectivity index is 2.99. The van der Waals surface area contributed by atoms with Crippen molar-refractivity contribution in [2.75, 3.05) is 7.05 Å². The van der Waals surface area contributed by atoms with Gasteiger partial charge in [0.1, 0.15) is 0 Å². The number of hydrogen-bond acceptors (Lipinski definition) is 3. The molecular weight excluding hydrogens is 118 g/mol. The van der Waals surface area contributed by atoms with Crippen LogP contribution in [-0.2, 0) is 0 Å². The zero-order valence-corrected chi connectivity index (χ0v) is 4.90. The Morgan fingerprint density at radius 1 is 2.00 bits per heavy atom. The summed E-state index contributed by atoms with van der Waals surface area (Å²) in [6, 6.07) is 0. The Hall–Kier alpha value is 0.200. The van der Waals surface area contributed by atoms with Crippen LogP contribution in [-0.4, -0.2) is 15.9 Å². The fourth-order valence-corrected chi connectivity index (χ4v) is 0.137. The molecule has 4 heteroatoms. The molecule has 6 heavy (non-hydrogen) atoms. The van der Waals surface area contributed by atoms with Crippen molar-refractivity contribution in [3.05, 3.63) is 0 Å². The molecule has 0 bridgehead atoms. The molecule has 2 N–H and O–H groups in total. The fraction of sp³-hybridized carbons (Fsp3) is 0.500. The summed E-state index contributed by atoms with van der Waals surface area (Å²) in [6.45, 7) is 0. The highest BCUT2D eigenvalue weighted by Gasteiger charge is 1.82. The average molecular weight is 123 g/mol. The number of nitrogens with one attached hydrogen (secondary N) is 1. The Kier molecular flexibility index (Phi) is 3.51. The van der Waals surface area contributed by atoms with Gasteiger partial charge < -0.3 is 9.87 Å². The number of thiocarbonyl (C=S) groups is 1. The van der Waals surface area contributed by atoms with Crippen molar-refractivity contribution in [1.29, 1.82) is 0 Å². The van der Waals surface area contributed by atoms with Gasteiger partial charge in [-0.25, -0.2) is 0 Å². The third kappa shape index (κ3) is 2.44. The second-order valence-corrected chi connectivity index (χ2v) is 1.89. The van der Waals surface area contributed by atoms with Crippen LogP contribution in [0.4, 0.5) is 0 Å². The maximum Gasteiger partial charge on any atom is 0.160 e. The predicted octanol–water partition coefficient (Wildman–Crippen LogP) is 0.697. The number of rotatable bonds is 0. The molecule has 0 radical (unpaired) electrons. The van der Waals surface area contributed by atoms with Gasteiger partial charge >= 0.3 is 0 Å². The first-order valence-electron chi connectivity index (χ1n) is 1.34. The molecule has 0 aliphatic heterocycles. The van der Waals surface area contributed by atoms with E-state index in [1.807, 2.05) is 0 Å². The zero-order valence-electron chi connectivity index (χ0n) is 3.26. The van der Waals surface area contributed by atoms with E-state index in [0.717, 1.165) is 0 Å². The van der Waals surface area contributed by atoms with Crippen LogP contribution in [0, 0.1) is 0 Å². The first kappa shape index (κ1) is 6.20. The lowest BCUT2D eigenvalue weighted by Crippen LogP contribution is -2.09. The standard InChI is InChI=1S/C2H5NOS2/c1-3-2(5)6-4/h4H,1H3,(H,3,5). The Labute approximate surface area is 46.1 Å². The summed E-state index contributed by atoms with van der Waals surface area (Å²) in [5.74, 6) is 0. The van der Waals surface area contributed by atoms with E-state index in [9.17, 15) is 0 Å². The largest absolute Gasteiger partial charge is 0.372 e. The van der Waals surface area contributed by atoms with Crippen LogP contribution >= 0.6 is 24.3 Å². The van der Waals surface area contributed by atoms with Crippen LogP contribution in [0.2, 0.25) is 0 Å². The second kappa shape index (κ2) is 3.39. The molecule has 2 nitrogen and oxygen atoms in total. The van der Waals surface area contributed by atoms with Gasteiger partial charge in [-0.05, 0) is 0 Å². The molecule has 0 amide bonds. The van der Waals surface area contributed by atoms with E-state index >= 15 is 0 Å². The van der Waals surface area contributed by atoms with Crippen molar-refractivity contribution in [2.45, 2.75) is 0 Å². The third-order valence-corrected chi connectivity index (χ3v) is 1.08. The molecule has 0 atom stereocenters. The van der Waals surface area contributed by atoms with Gasteiger partial charge in [0.15, 0.2) is 4.32 Å². The van der Waals surface area contributed by atoms with Crippen LogP contribution in [0.5, 0.6) is 0 Å². The quantitative estimate of drug-likeness (QED) is 0.367. The molecule has 0 aromatic rings. The lowest BCUT2D eigenvalue weighted by Gasteiger charge is -1.89. The molecule has 0 saturated heterocycles. The maximum atomic E-state index is 8.05. The average Bonchev–Trinajstić information content (AvgIpc) is 1.65. The van der Waals surface area contributed by atoms with Crippen molar-refractivity contribution in [3.8, 4) is 0 Å². The lowest BCUT2D eigenvalue weighted by atomic mass is 11.2. The van der Waals surface area contributed by atoms with Crippen LogP contribution < -0.4 is 5.32 Å². The van der Waals surface area contributed by atoms with Crippen molar-refractivity contribution in [2.24, 2.45) is 0 Å². The van der Waals surface area contributed by atoms with Gasteiger partial charge in [0, 0.05) is 7.05 Å². The summed E-state index contributed by atoms with van der Waals surface area (Å²) in [7, 11) is 1.66.